The largest absolute Gasteiger partial charge is 1.00 e. The van der Waals surface area contributed by atoms with Crippen LogP contribution in [0.3, 0.4) is 0 Å². The molecular formula is C8H14FKO2. The van der Waals surface area contributed by atoms with Crippen LogP contribution < -0.4 is 56.5 Å². The van der Waals surface area contributed by atoms with E-state index in [2.05, 4.69) is 0 Å². The van der Waals surface area contributed by atoms with Gasteiger partial charge in [0.25, 0.3) is 0 Å². The van der Waals surface area contributed by atoms with Crippen LogP contribution >= 0.6 is 0 Å². The van der Waals surface area contributed by atoms with Gasteiger partial charge < -0.3 is 9.90 Å². The molecule has 0 bridgehead atoms. The first kappa shape index (κ1) is 15.5. The number of hydrogen-bond donors (Lipinski definition) is 0. The molecule has 0 saturated carbocycles. The van der Waals surface area contributed by atoms with Crippen LogP contribution in [-0.2, 0) is 4.79 Å². The fourth-order valence-corrected chi connectivity index (χ4v) is 0.844. The molecule has 66 valence electrons. The molecule has 0 fully saturated rings. The molecule has 0 aromatic carbocycles. The number of unbranched alkanes of at least 4 members (excludes halogenated alkanes) is 1. The number of carbonyl (C=O) groups excluding carboxylic acids is 1. The van der Waals surface area contributed by atoms with Gasteiger partial charge in [-0.05, 0) is 19.3 Å². The summed E-state index contributed by atoms with van der Waals surface area (Å²) >= 11 is 0. The maximum Gasteiger partial charge on any atom is 1.00 e. The van der Waals surface area contributed by atoms with E-state index in [1.807, 2.05) is 6.92 Å². The molecule has 1 unspecified atom stereocenters. The van der Waals surface area contributed by atoms with E-state index in [1.54, 1.807) is 0 Å². The zero-order chi connectivity index (χ0) is 8.69. The summed E-state index contributed by atoms with van der Waals surface area (Å²) in [6.07, 6.45) is 1.23. The number of alkyl halides is 1. The van der Waals surface area contributed by atoms with Crippen molar-refractivity contribution in [2.45, 2.75) is 45.2 Å². The van der Waals surface area contributed by atoms with Gasteiger partial charge in [0.05, 0.1) is 0 Å². The van der Waals surface area contributed by atoms with Crippen molar-refractivity contribution in [3.05, 3.63) is 0 Å². The summed E-state index contributed by atoms with van der Waals surface area (Å²) < 4.78 is 12.7. The summed E-state index contributed by atoms with van der Waals surface area (Å²) in [5.74, 6) is -1.16. The minimum atomic E-state index is -1.16. The Balaban J connectivity index is 0. The van der Waals surface area contributed by atoms with Crippen molar-refractivity contribution in [2.75, 3.05) is 0 Å². The average molecular weight is 200 g/mol. The third kappa shape index (κ3) is 11.0. The van der Waals surface area contributed by atoms with Gasteiger partial charge in [0.15, 0.2) is 0 Å². The molecular weight excluding hydrogens is 186 g/mol. The van der Waals surface area contributed by atoms with Gasteiger partial charge in [-0.25, -0.2) is 4.39 Å². The molecule has 0 saturated heterocycles. The second-order valence-corrected chi connectivity index (χ2v) is 2.65. The van der Waals surface area contributed by atoms with Crippen LogP contribution in [-0.4, -0.2) is 12.1 Å². The summed E-state index contributed by atoms with van der Waals surface area (Å²) in [4.78, 5) is 9.90. The van der Waals surface area contributed by atoms with Gasteiger partial charge in [0, 0.05) is 5.97 Å². The molecule has 0 aliphatic heterocycles. The SMILES string of the molecule is CCCCC(F)CCC(=O)[O-].[K+]. The molecule has 4 heteroatoms. The fourth-order valence-electron chi connectivity index (χ4n) is 0.844. The van der Waals surface area contributed by atoms with Crippen molar-refractivity contribution in [2.24, 2.45) is 0 Å². The molecule has 0 spiro atoms. The molecule has 12 heavy (non-hydrogen) atoms. The van der Waals surface area contributed by atoms with Crippen LogP contribution in [0.4, 0.5) is 4.39 Å². The molecule has 0 aromatic rings. The van der Waals surface area contributed by atoms with E-state index in [0.717, 1.165) is 12.8 Å². The van der Waals surface area contributed by atoms with Gasteiger partial charge in [-0.1, -0.05) is 19.8 Å². The van der Waals surface area contributed by atoms with Crippen LogP contribution in [0.25, 0.3) is 0 Å². The quantitative estimate of drug-likeness (QED) is 0.468. The van der Waals surface area contributed by atoms with Crippen molar-refractivity contribution in [1.29, 1.82) is 0 Å². The zero-order valence-electron chi connectivity index (χ0n) is 7.81. The molecule has 0 amide bonds. The third-order valence-corrected chi connectivity index (χ3v) is 1.53. The predicted molar refractivity (Wildman–Crippen MR) is 38.7 cm³/mol. The molecule has 0 rings (SSSR count). The summed E-state index contributed by atoms with van der Waals surface area (Å²) in [6, 6.07) is 0. The van der Waals surface area contributed by atoms with Crippen molar-refractivity contribution in [1.82, 2.24) is 0 Å². The minimum absolute atomic E-state index is 0. The molecule has 0 radical (unpaired) electrons. The molecule has 0 N–H and O–H groups in total. The topological polar surface area (TPSA) is 40.1 Å². The maximum atomic E-state index is 12.7. The predicted octanol–water partition coefficient (Wildman–Crippen LogP) is -1.95. The van der Waals surface area contributed by atoms with Crippen molar-refractivity contribution >= 4 is 5.97 Å². The monoisotopic (exact) mass is 200 g/mol. The Morgan fingerprint density at radius 3 is 2.50 bits per heavy atom. The van der Waals surface area contributed by atoms with Crippen molar-refractivity contribution in [3.8, 4) is 0 Å². The van der Waals surface area contributed by atoms with Crippen molar-refractivity contribution < 1.29 is 65.7 Å². The normalized spacial score (nSPS) is 11.8. The Hall–Kier alpha value is 1.04. The number of carboxylic acids is 1. The van der Waals surface area contributed by atoms with Crippen molar-refractivity contribution in [3.63, 3.8) is 0 Å². The molecule has 0 heterocycles. The van der Waals surface area contributed by atoms with Gasteiger partial charge in [0.2, 0.25) is 0 Å². The second-order valence-electron chi connectivity index (χ2n) is 2.65. The van der Waals surface area contributed by atoms with E-state index < -0.39 is 12.1 Å². The van der Waals surface area contributed by atoms with E-state index in [0.29, 0.717) is 6.42 Å². The maximum absolute atomic E-state index is 12.7. The standard InChI is InChI=1S/C8H15FO2.K/c1-2-3-4-7(9)5-6-8(10)11;/h7H,2-6H2,1H3,(H,10,11);/q;+1/p-1. The molecule has 0 aromatic heterocycles. The van der Waals surface area contributed by atoms with Gasteiger partial charge in [0.1, 0.15) is 6.17 Å². The van der Waals surface area contributed by atoms with Crippen LogP contribution in [0, 0.1) is 0 Å². The zero-order valence-corrected chi connectivity index (χ0v) is 10.9. The minimum Gasteiger partial charge on any atom is -0.550 e. The van der Waals surface area contributed by atoms with Gasteiger partial charge >= 0.3 is 51.4 Å². The Morgan fingerprint density at radius 2 is 2.08 bits per heavy atom. The first-order chi connectivity index (χ1) is 5.16. The number of aliphatic carboxylic acids is 1. The summed E-state index contributed by atoms with van der Waals surface area (Å²) in [5, 5.41) is 9.90. The van der Waals surface area contributed by atoms with Crippen LogP contribution in [0.1, 0.15) is 39.0 Å². The summed E-state index contributed by atoms with van der Waals surface area (Å²) in [5.41, 5.74) is 0. The second kappa shape index (κ2) is 10.1. The van der Waals surface area contributed by atoms with E-state index in [9.17, 15) is 14.3 Å². The van der Waals surface area contributed by atoms with Crippen LogP contribution in [0.15, 0.2) is 0 Å². The van der Waals surface area contributed by atoms with E-state index in [4.69, 9.17) is 0 Å². The third-order valence-electron chi connectivity index (χ3n) is 1.53. The number of carboxylic acid groups (broad SMARTS) is 1. The number of rotatable bonds is 6. The fraction of sp³-hybridized carbons (Fsp3) is 0.875. The molecule has 1 atom stereocenters. The Kier molecular flexibility index (Phi) is 13.1. The van der Waals surface area contributed by atoms with E-state index >= 15 is 0 Å². The number of carbonyl (C=O) groups is 1. The smallest absolute Gasteiger partial charge is 0.550 e. The summed E-state index contributed by atoms with van der Waals surface area (Å²) in [6.45, 7) is 1.98. The van der Waals surface area contributed by atoms with Crippen LogP contribution in [0.2, 0.25) is 0 Å². The Labute approximate surface area is 115 Å². The Bertz CT molecular complexity index is 120. The molecule has 2 nitrogen and oxygen atoms in total. The van der Waals surface area contributed by atoms with Gasteiger partial charge in [-0.2, -0.15) is 0 Å². The van der Waals surface area contributed by atoms with Gasteiger partial charge in [-0.15, -0.1) is 0 Å². The molecule has 0 aliphatic carbocycles. The number of hydrogen-bond acceptors (Lipinski definition) is 2. The average Bonchev–Trinajstić information content (AvgIpc) is 1.97. The first-order valence-electron chi connectivity index (χ1n) is 4.00. The number of halogens is 1. The first-order valence-corrected chi connectivity index (χ1v) is 4.00. The summed E-state index contributed by atoms with van der Waals surface area (Å²) in [7, 11) is 0. The van der Waals surface area contributed by atoms with Gasteiger partial charge in [-0.3, -0.25) is 0 Å². The van der Waals surface area contributed by atoms with Crippen LogP contribution in [0.5, 0.6) is 0 Å². The Morgan fingerprint density at radius 1 is 1.50 bits per heavy atom. The van der Waals surface area contributed by atoms with E-state index in [1.165, 1.54) is 0 Å². The van der Waals surface area contributed by atoms with E-state index in [-0.39, 0.29) is 64.2 Å². The molecule has 0 aliphatic rings.